The van der Waals surface area contributed by atoms with Gasteiger partial charge in [0.1, 0.15) is 5.82 Å². The van der Waals surface area contributed by atoms with Crippen molar-refractivity contribution in [1.29, 1.82) is 0 Å². The average Bonchev–Trinajstić information content (AvgIpc) is 3.01. The molecule has 6 heteroatoms. The van der Waals surface area contributed by atoms with Gasteiger partial charge in [0, 0.05) is 12.6 Å². The molecule has 3 aromatic rings. The Bertz CT molecular complexity index is 805. The van der Waals surface area contributed by atoms with Gasteiger partial charge in [-0.05, 0) is 30.5 Å². The number of nitrogens with one attached hydrogen (secondary N) is 1. The number of imidazole rings is 1. The van der Waals surface area contributed by atoms with Gasteiger partial charge >= 0.3 is 6.55 Å². The molecule has 3 rings (SSSR count). The molecule has 2 N–H and O–H groups in total. The van der Waals surface area contributed by atoms with E-state index >= 15 is 0 Å². The van der Waals surface area contributed by atoms with Crippen LogP contribution in [0.4, 0.5) is 8.78 Å². The Morgan fingerprint density at radius 2 is 1.76 bits per heavy atom. The number of rotatable bonds is 8. The zero-order valence-corrected chi connectivity index (χ0v) is 13.8. The summed E-state index contributed by atoms with van der Waals surface area (Å²) in [6.45, 7) is -2.32. The van der Waals surface area contributed by atoms with Crippen LogP contribution in [0, 0.1) is 0 Å². The molecule has 25 heavy (non-hydrogen) atoms. The van der Waals surface area contributed by atoms with Crippen molar-refractivity contribution in [2.75, 3.05) is 6.61 Å². The predicted octanol–water partition coefficient (Wildman–Crippen LogP) is 4.03. The molecule has 0 aliphatic carbocycles. The molecule has 2 aromatic carbocycles. The van der Waals surface area contributed by atoms with Crippen LogP contribution in [0.3, 0.4) is 0 Å². The summed E-state index contributed by atoms with van der Waals surface area (Å²) in [5.74, 6) is 0.307. The molecule has 1 unspecified atom stereocenters. The molecular weight excluding hydrogens is 324 g/mol. The topological polar surface area (TPSA) is 50.1 Å². The van der Waals surface area contributed by atoms with E-state index in [1.807, 2.05) is 30.3 Å². The van der Waals surface area contributed by atoms with E-state index in [1.165, 1.54) is 0 Å². The molecule has 1 heterocycles. The summed E-state index contributed by atoms with van der Waals surface area (Å²) in [6.07, 6.45) is 1.35. The lowest BCUT2D eigenvalue weighted by Crippen LogP contribution is -2.23. The number of benzene rings is 2. The number of fused-ring (bicyclic) bond motifs is 1. The van der Waals surface area contributed by atoms with Gasteiger partial charge in [0.25, 0.3) is 0 Å². The number of hydrogen-bond donors (Lipinski definition) is 2. The van der Waals surface area contributed by atoms with E-state index in [-0.39, 0.29) is 19.2 Å². The highest BCUT2D eigenvalue weighted by atomic mass is 19.3. The van der Waals surface area contributed by atoms with E-state index in [0.29, 0.717) is 23.3 Å². The van der Waals surface area contributed by atoms with Gasteiger partial charge in [-0.3, -0.25) is 4.57 Å². The van der Waals surface area contributed by atoms with Crippen molar-refractivity contribution in [2.24, 2.45) is 0 Å². The number of aliphatic hydroxyl groups excluding tert-OH is 1. The summed E-state index contributed by atoms with van der Waals surface area (Å²) in [7, 11) is 0. The van der Waals surface area contributed by atoms with Crippen LogP contribution in [0.1, 0.15) is 36.8 Å². The maximum absolute atomic E-state index is 13.5. The third kappa shape index (κ3) is 4.03. The minimum absolute atomic E-state index is 0.0284. The van der Waals surface area contributed by atoms with Crippen molar-refractivity contribution >= 4 is 11.0 Å². The third-order valence-electron chi connectivity index (χ3n) is 4.22. The predicted molar refractivity (Wildman–Crippen MR) is 93.3 cm³/mol. The molecular formula is C19H21F2N3O. The highest BCUT2D eigenvalue weighted by molar-refractivity contribution is 5.75. The van der Waals surface area contributed by atoms with Crippen LogP contribution in [0.25, 0.3) is 11.0 Å². The molecule has 4 nitrogen and oxygen atoms in total. The van der Waals surface area contributed by atoms with Crippen molar-refractivity contribution in [1.82, 2.24) is 14.9 Å². The van der Waals surface area contributed by atoms with E-state index < -0.39 is 6.55 Å². The molecule has 0 saturated carbocycles. The molecule has 132 valence electrons. The Balaban J connectivity index is 1.83. The molecule has 1 aromatic heterocycles. The van der Waals surface area contributed by atoms with Gasteiger partial charge in [-0.25, -0.2) is 4.98 Å². The molecule has 0 aliphatic rings. The number of halogens is 2. The van der Waals surface area contributed by atoms with Crippen molar-refractivity contribution in [2.45, 2.75) is 32.0 Å². The van der Waals surface area contributed by atoms with Crippen LogP contribution in [-0.2, 0) is 6.54 Å². The van der Waals surface area contributed by atoms with Crippen molar-refractivity contribution < 1.29 is 13.9 Å². The zero-order chi connectivity index (χ0) is 17.6. The minimum atomic E-state index is -2.64. The second kappa shape index (κ2) is 8.18. The Hall–Kier alpha value is -2.31. The van der Waals surface area contributed by atoms with E-state index in [2.05, 4.69) is 10.3 Å². The first-order valence-corrected chi connectivity index (χ1v) is 8.34. The van der Waals surface area contributed by atoms with Crippen LogP contribution in [-0.4, -0.2) is 21.3 Å². The van der Waals surface area contributed by atoms with Crippen LogP contribution in [0.2, 0.25) is 0 Å². The van der Waals surface area contributed by atoms with Crippen molar-refractivity contribution in [3.63, 3.8) is 0 Å². The molecule has 0 bridgehead atoms. The first kappa shape index (κ1) is 17.5. The summed E-state index contributed by atoms with van der Waals surface area (Å²) in [6, 6.07) is 16.7. The number of aliphatic hydroxyl groups is 1. The van der Waals surface area contributed by atoms with Crippen LogP contribution >= 0.6 is 0 Å². The smallest absolute Gasteiger partial charge is 0.320 e. The summed E-state index contributed by atoms with van der Waals surface area (Å²) in [5.41, 5.74) is 2.06. The number of para-hydroxylation sites is 2. The molecule has 0 spiro atoms. The Morgan fingerprint density at radius 1 is 1.04 bits per heavy atom. The van der Waals surface area contributed by atoms with E-state index in [1.54, 1.807) is 24.3 Å². The molecule has 0 amide bonds. The van der Waals surface area contributed by atoms with Gasteiger partial charge in [-0.2, -0.15) is 8.78 Å². The highest BCUT2D eigenvalue weighted by Crippen LogP contribution is 2.24. The second-order valence-electron chi connectivity index (χ2n) is 5.87. The van der Waals surface area contributed by atoms with Crippen LogP contribution in [0.5, 0.6) is 0 Å². The summed E-state index contributed by atoms with van der Waals surface area (Å²) >= 11 is 0. The fourth-order valence-electron chi connectivity index (χ4n) is 3.02. The van der Waals surface area contributed by atoms with Crippen molar-refractivity contribution in [3.8, 4) is 0 Å². The fourth-order valence-corrected chi connectivity index (χ4v) is 3.02. The lowest BCUT2D eigenvalue weighted by molar-refractivity contribution is 0.0709. The Kier molecular flexibility index (Phi) is 5.73. The molecule has 0 aliphatic heterocycles. The average molecular weight is 345 g/mol. The minimum Gasteiger partial charge on any atom is -0.396 e. The Morgan fingerprint density at radius 3 is 2.48 bits per heavy atom. The summed E-state index contributed by atoms with van der Waals surface area (Å²) in [5, 5.41) is 12.4. The maximum Gasteiger partial charge on any atom is 0.320 e. The van der Waals surface area contributed by atoms with Gasteiger partial charge in [0.15, 0.2) is 0 Å². The number of nitrogens with zero attached hydrogens (tertiary/aromatic N) is 2. The normalized spacial score (nSPS) is 12.8. The first-order valence-electron chi connectivity index (χ1n) is 8.34. The lowest BCUT2D eigenvalue weighted by atomic mass is 10.0. The standard InChI is InChI=1S/C19H21F2N3O/c20-19(21)24-17-11-5-4-9-16(17)23-18(24)13-22-15(10-6-12-25)14-7-2-1-3-8-14/h1-5,7-9,11,15,19,22,25H,6,10,12-13H2. The van der Waals surface area contributed by atoms with Gasteiger partial charge in [0.05, 0.1) is 17.6 Å². The molecule has 0 fully saturated rings. The SMILES string of the molecule is OCCCC(NCc1nc2ccccc2n1C(F)F)c1ccccc1. The van der Waals surface area contributed by atoms with E-state index in [4.69, 9.17) is 5.11 Å². The quantitative estimate of drug-likeness (QED) is 0.648. The van der Waals surface area contributed by atoms with Gasteiger partial charge in [-0.1, -0.05) is 42.5 Å². The number of hydrogen-bond acceptors (Lipinski definition) is 3. The highest BCUT2D eigenvalue weighted by Gasteiger charge is 2.19. The summed E-state index contributed by atoms with van der Waals surface area (Å²) in [4.78, 5) is 4.35. The molecule has 1 atom stereocenters. The molecule has 0 radical (unpaired) electrons. The van der Waals surface area contributed by atoms with Crippen LogP contribution < -0.4 is 5.32 Å². The first-order chi connectivity index (χ1) is 12.2. The molecule has 0 saturated heterocycles. The number of alkyl halides is 2. The van der Waals surface area contributed by atoms with Gasteiger partial charge in [0.2, 0.25) is 0 Å². The van der Waals surface area contributed by atoms with Crippen molar-refractivity contribution in [3.05, 3.63) is 66.0 Å². The lowest BCUT2D eigenvalue weighted by Gasteiger charge is -2.19. The maximum atomic E-state index is 13.5. The monoisotopic (exact) mass is 345 g/mol. The van der Waals surface area contributed by atoms with Gasteiger partial charge in [-0.15, -0.1) is 0 Å². The largest absolute Gasteiger partial charge is 0.396 e. The number of aromatic nitrogens is 2. The second-order valence-corrected chi connectivity index (χ2v) is 5.87. The van der Waals surface area contributed by atoms with Crippen LogP contribution in [0.15, 0.2) is 54.6 Å². The summed E-state index contributed by atoms with van der Waals surface area (Å²) < 4.78 is 28.0. The zero-order valence-electron chi connectivity index (χ0n) is 13.8. The fraction of sp³-hybridized carbons (Fsp3) is 0.316. The van der Waals surface area contributed by atoms with E-state index in [9.17, 15) is 8.78 Å². The third-order valence-corrected chi connectivity index (χ3v) is 4.22. The Labute approximate surface area is 145 Å². The van der Waals surface area contributed by atoms with E-state index in [0.717, 1.165) is 16.6 Å². The van der Waals surface area contributed by atoms with Gasteiger partial charge < -0.3 is 10.4 Å².